The molecule has 0 bridgehead atoms. The fraction of sp³-hybridized carbons (Fsp3) is 0.455. The highest BCUT2D eigenvalue weighted by atomic mass is 35.5. The molecule has 1 unspecified atom stereocenters. The summed E-state index contributed by atoms with van der Waals surface area (Å²) < 4.78 is 7.53. The second kappa shape index (κ2) is 3.35. The number of imidazole rings is 1. The van der Waals surface area contributed by atoms with Gasteiger partial charge in [-0.3, -0.25) is 0 Å². The van der Waals surface area contributed by atoms with E-state index in [1.165, 1.54) is 0 Å². The predicted molar refractivity (Wildman–Crippen MR) is 61.2 cm³/mol. The molecule has 84 valence electrons. The zero-order chi connectivity index (χ0) is 11.3. The molecule has 3 heterocycles. The Bertz CT molecular complexity index is 564. The minimum atomic E-state index is 0.155. The van der Waals surface area contributed by atoms with Crippen LogP contribution in [0.5, 0.6) is 5.75 Å². The largest absolute Gasteiger partial charge is 0.486 e. The second-order valence-electron chi connectivity index (χ2n) is 4.07. The first kappa shape index (κ1) is 9.90. The first-order valence-corrected chi connectivity index (χ1v) is 5.80. The van der Waals surface area contributed by atoms with Crippen molar-refractivity contribution in [3.63, 3.8) is 0 Å². The van der Waals surface area contributed by atoms with Crippen LogP contribution in [0.2, 0.25) is 5.15 Å². The highest BCUT2D eigenvalue weighted by molar-refractivity contribution is 6.30. The molecule has 0 spiro atoms. The molecule has 16 heavy (non-hydrogen) atoms. The number of halogens is 1. The summed E-state index contributed by atoms with van der Waals surface area (Å²) in [6.45, 7) is 4.09. The second-order valence-corrected chi connectivity index (χ2v) is 4.43. The van der Waals surface area contributed by atoms with E-state index in [1.54, 1.807) is 4.52 Å². The molecule has 1 aliphatic heterocycles. The summed E-state index contributed by atoms with van der Waals surface area (Å²) in [6, 6.07) is 0. The molecular formula is C11H12ClN3O. The van der Waals surface area contributed by atoms with E-state index in [-0.39, 0.29) is 6.10 Å². The molecule has 2 aromatic rings. The summed E-state index contributed by atoms with van der Waals surface area (Å²) in [6.07, 6.45) is 3.66. The third kappa shape index (κ3) is 1.23. The molecular weight excluding hydrogens is 226 g/mol. The first-order chi connectivity index (χ1) is 7.70. The molecule has 0 radical (unpaired) electrons. The lowest BCUT2D eigenvalue weighted by Gasteiger charge is -2.05. The summed E-state index contributed by atoms with van der Waals surface area (Å²) in [7, 11) is 0. The van der Waals surface area contributed by atoms with E-state index in [1.807, 2.05) is 13.1 Å². The number of hydrogen-bond acceptors (Lipinski definition) is 3. The van der Waals surface area contributed by atoms with Gasteiger partial charge in [0.1, 0.15) is 6.10 Å². The number of fused-ring (bicyclic) bond motifs is 3. The number of hydrogen-bond donors (Lipinski definition) is 0. The van der Waals surface area contributed by atoms with Crippen LogP contribution in [0.25, 0.3) is 5.65 Å². The summed E-state index contributed by atoms with van der Waals surface area (Å²) in [5.41, 5.74) is 2.80. The topological polar surface area (TPSA) is 39.4 Å². The van der Waals surface area contributed by atoms with E-state index >= 15 is 0 Å². The van der Waals surface area contributed by atoms with E-state index in [9.17, 15) is 0 Å². The van der Waals surface area contributed by atoms with Crippen LogP contribution in [0.15, 0.2) is 6.20 Å². The molecule has 0 N–H and O–H groups in total. The van der Waals surface area contributed by atoms with Gasteiger partial charge in [0.2, 0.25) is 0 Å². The number of ether oxygens (including phenoxy) is 1. The molecule has 2 aromatic heterocycles. The van der Waals surface area contributed by atoms with Gasteiger partial charge in [-0.05, 0) is 13.3 Å². The Morgan fingerprint density at radius 1 is 1.62 bits per heavy atom. The van der Waals surface area contributed by atoms with Crippen molar-refractivity contribution in [3.8, 4) is 5.75 Å². The van der Waals surface area contributed by atoms with E-state index < -0.39 is 0 Å². The average Bonchev–Trinajstić information content (AvgIpc) is 2.81. The van der Waals surface area contributed by atoms with Crippen molar-refractivity contribution in [1.29, 1.82) is 0 Å². The zero-order valence-corrected chi connectivity index (χ0v) is 9.95. The van der Waals surface area contributed by atoms with Gasteiger partial charge in [0.25, 0.3) is 0 Å². The number of aryl methyl sites for hydroxylation is 1. The number of aromatic nitrogens is 3. The maximum Gasteiger partial charge on any atom is 0.197 e. The van der Waals surface area contributed by atoms with Crippen LogP contribution in [0.3, 0.4) is 0 Å². The molecule has 4 nitrogen and oxygen atoms in total. The van der Waals surface area contributed by atoms with Crippen LogP contribution in [-0.4, -0.2) is 20.7 Å². The Morgan fingerprint density at radius 3 is 3.19 bits per heavy atom. The third-order valence-corrected chi connectivity index (χ3v) is 3.20. The summed E-state index contributed by atoms with van der Waals surface area (Å²) in [5, 5.41) is 4.88. The van der Waals surface area contributed by atoms with Crippen LogP contribution in [0.4, 0.5) is 0 Å². The van der Waals surface area contributed by atoms with Crippen LogP contribution >= 0.6 is 11.6 Å². The molecule has 3 rings (SSSR count). The van der Waals surface area contributed by atoms with Crippen molar-refractivity contribution >= 4 is 17.2 Å². The number of rotatable bonds is 1. The van der Waals surface area contributed by atoms with Crippen molar-refractivity contribution in [3.05, 3.63) is 22.6 Å². The maximum atomic E-state index is 6.16. The fourth-order valence-electron chi connectivity index (χ4n) is 2.10. The fourth-order valence-corrected chi connectivity index (χ4v) is 2.33. The molecule has 0 amide bonds. The van der Waals surface area contributed by atoms with Gasteiger partial charge in [-0.2, -0.15) is 5.10 Å². The molecule has 1 aliphatic rings. The van der Waals surface area contributed by atoms with Gasteiger partial charge >= 0.3 is 0 Å². The highest BCUT2D eigenvalue weighted by Crippen LogP contribution is 2.36. The predicted octanol–water partition coefficient (Wildman–Crippen LogP) is 2.27. The van der Waals surface area contributed by atoms with Gasteiger partial charge in [-0.1, -0.05) is 18.5 Å². The summed E-state index contributed by atoms with van der Waals surface area (Å²) in [5.74, 6) is 0.798. The first-order valence-electron chi connectivity index (χ1n) is 5.42. The van der Waals surface area contributed by atoms with Gasteiger partial charge in [-0.15, -0.1) is 0 Å². The molecule has 1 atom stereocenters. The average molecular weight is 238 g/mol. The van der Waals surface area contributed by atoms with E-state index in [2.05, 4.69) is 17.0 Å². The Hall–Kier alpha value is -1.29. The van der Waals surface area contributed by atoms with E-state index in [4.69, 9.17) is 16.3 Å². The molecule has 0 aliphatic carbocycles. The number of nitrogens with zero attached hydrogens (tertiary/aromatic N) is 3. The summed E-state index contributed by atoms with van der Waals surface area (Å²) in [4.78, 5) is 4.35. The molecule has 0 saturated heterocycles. The third-order valence-electron chi connectivity index (χ3n) is 2.90. The quantitative estimate of drug-likeness (QED) is 0.764. The van der Waals surface area contributed by atoms with Gasteiger partial charge in [-0.25, -0.2) is 9.50 Å². The van der Waals surface area contributed by atoms with Gasteiger partial charge < -0.3 is 4.74 Å². The summed E-state index contributed by atoms with van der Waals surface area (Å²) >= 11 is 6.16. The van der Waals surface area contributed by atoms with Crippen molar-refractivity contribution in [2.24, 2.45) is 0 Å². The van der Waals surface area contributed by atoms with Crippen LogP contribution in [0.1, 0.15) is 25.1 Å². The van der Waals surface area contributed by atoms with Gasteiger partial charge in [0.15, 0.2) is 16.5 Å². The van der Waals surface area contributed by atoms with Crippen molar-refractivity contribution in [2.75, 3.05) is 0 Å². The van der Waals surface area contributed by atoms with E-state index in [0.29, 0.717) is 5.15 Å². The maximum absolute atomic E-state index is 6.16. The SMILES string of the molecule is CCc1cnc2c3c(c(Cl)nn12)CC(C)O3. The minimum absolute atomic E-state index is 0.155. The smallest absolute Gasteiger partial charge is 0.197 e. The van der Waals surface area contributed by atoms with Gasteiger partial charge in [0, 0.05) is 12.0 Å². The van der Waals surface area contributed by atoms with Crippen LogP contribution in [0, 0.1) is 0 Å². The highest BCUT2D eigenvalue weighted by Gasteiger charge is 2.27. The van der Waals surface area contributed by atoms with Crippen molar-refractivity contribution < 1.29 is 4.74 Å². The molecule has 0 fully saturated rings. The monoisotopic (exact) mass is 237 g/mol. The van der Waals surface area contributed by atoms with Crippen LogP contribution in [-0.2, 0) is 12.8 Å². The Morgan fingerprint density at radius 2 is 2.44 bits per heavy atom. The lowest BCUT2D eigenvalue weighted by atomic mass is 10.2. The van der Waals surface area contributed by atoms with Crippen molar-refractivity contribution in [1.82, 2.24) is 14.6 Å². The molecule has 5 heteroatoms. The normalized spacial score (nSPS) is 18.8. The van der Waals surface area contributed by atoms with E-state index in [0.717, 1.165) is 35.5 Å². The lowest BCUT2D eigenvalue weighted by Crippen LogP contribution is -2.05. The standard InChI is InChI=1S/C11H12ClN3O/c1-3-7-5-13-11-9-8(4-6(2)16-9)10(12)14-15(7)11/h5-6H,3-4H2,1-2H3. The molecule has 0 saturated carbocycles. The Balaban J connectivity index is 2.33. The Labute approximate surface area is 98.2 Å². The lowest BCUT2D eigenvalue weighted by molar-refractivity contribution is 0.256. The minimum Gasteiger partial charge on any atom is -0.486 e. The zero-order valence-electron chi connectivity index (χ0n) is 9.20. The van der Waals surface area contributed by atoms with Gasteiger partial charge in [0.05, 0.1) is 11.9 Å². The van der Waals surface area contributed by atoms with Crippen LogP contribution < -0.4 is 4.74 Å². The molecule has 0 aromatic carbocycles. The van der Waals surface area contributed by atoms with Crippen molar-refractivity contribution in [2.45, 2.75) is 32.8 Å². The Kier molecular flexibility index (Phi) is 2.07.